The highest BCUT2D eigenvalue weighted by Crippen LogP contribution is 2.54. The Balaban J connectivity index is 1.87. The highest BCUT2D eigenvalue weighted by Gasteiger charge is 2.51. The molecule has 1 saturated carbocycles. The molecule has 2 amide bonds. The van der Waals surface area contributed by atoms with Crippen LogP contribution in [0.25, 0.3) is 0 Å². The molecule has 15 heteroatoms. The minimum absolute atomic E-state index is 0.0347. The molecule has 224 valence electrons. The van der Waals surface area contributed by atoms with Crippen LogP contribution in [-0.2, 0) is 23.3 Å². The summed E-state index contributed by atoms with van der Waals surface area (Å²) in [6.07, 6.45) is -17.4. The molecule has 1 aliphatic carbocycles. The maximum atomic E-state index is 13.6. The van der Waals surface area contributed by atoms with Gasteiger partial charge in [-0.15, -0.1) is 0 Å². The van der Waals surface area contributed by atoms with E-state index in [2.05, 4.69) is 0 Å². The van der Waals surface area contributed by atoms with Crippen molar-refractivity contribution >= 4 is 17.9 Å². The van der Waals surface area contributed by atoms with Crippen LogP contribution in [0.5, 0.6) is 0 Å². The average molecular weight is 598 g/mol. The van der Waals surface area contributed by atoms with Crippen molar-refractivity contribution in [2.24, 2.45) is 5.92 Å². The Labute approximate surface area is 227 Å². The molecule has 3 unspecified atom stereocenters. The highest BCUT2D eigenvalue weighted by atomic mass is 19.4. The van der Waals surface area contributed by atoms with Crippen molar-refractivity contribution in [3.8, 4) is 0 Å². The van der Waals surface area contributed by atoms with Crippen molar-refractivity contribution in [1.29, 1.82) is 0 Å². The highest BCUT2D eigenvalue weighted by molar-refractivity contribution is 5.92. The predicted octanol–water partition coefficient (Wildman–Crippen LogP) is 7.98. The van der Waals surface area contributed by atoms with Gasteiger partial charge in [-0.3, -0.25) is 4.90 Å². The summed E-state index contributed by atoms with van der Waals surface area (Å²) in [7, 11) is 0. The molecule has 41 heavy (non-hydrogen) atoms. The number of alkyl halides is 9. The van der Waals surface area contributed by atoms with Gasteiger partial charge in [0.1, 0.15) is 0 Å². The Morgan fingerprint density at radius 3 is 1.95 bits per heavy atom. The fourth-order valence-electron chi connectivity index (χ4n) is 5.29. The minimum atomic E-state index is -5.22. The molecule has 4 rings (SSSR count). The number of benzene rings is 2. The maximum Gasteiger partial charge on any atom is 0.416 e. The largest absolute Gasteiger partial charge is 0.465 e. The molecular weight excluding hydrogens is 575 g/mol. The number of amides is 2. The molecule has 0 aromatic heterocycles. The Bertz CT molecular complexity index is 1290. The van der Waals surface area contributed by atoms with Gasteiger partial charge in [0.2, 0.25) is 0 Å². The molecule has 2 aliphatic rings. The summed E-state index contributed by atoms with van der Waals surface area (Å²) in [5.74, 6) is -1.37. The van der Waals surface area contributed by atoms with Crippen molar-refractivity contribution in [3.63, 3.8) is 0 Å². The first kappa shape index (κ1) is 30.3. The quantitative estimate of drug-likeness (QED) is 0.331. The number of carbonyl (C=O) groups excluding carboxylic acids is 1. The van der Waals surface area contributed by atoms with Crippen molar-refractivity contribution < 1.29 is 58.9 Å². The van der Waals surface area contributed by atoms with E-state index in [1.807, 2.05) is 5.32 Å². The fourth-order valence-corrected chi connectivity index (χ4v) is 5.29. The van der Waals surface area contributed by atoms with Crippen LogP contribution in [0.15, 0.2) is 36.4 Å². The van der Waals surface area contributed by atoms with Gasteiger partial charge in [-0.2, -0.15) is 39.5 Å². The molecule has 6 nitrogen and oxygen atoms in total. The summed E-state index contributed by atoms with van der Waals surface area (Å²) in [4.78, 5) is 25.7. The normalized spacial score (nSPS) is 20.0. The summed E-state index contributed by atoms with van der Waals surface area (Å²) >= 11 is 0. The third-order valence-electron chi connectivity index (χ3n) is 7.09. The SMILES string of the molecule is CCOC(=O)N1c2ccc(C(F)(F)F)cc2C(CC(NC(=O)O)c2cc(C(F)(F)F)cc(C(F)(F)F)c2)C1C1CC1. The number of nitrogens with one attached hydrogen (secondary N) is 1. The van der Waals surface area contributed by atoms with Crippen LogP contribution < -0.4 is 10.2 Å². The second-order valence-electron chi connectivity index (χ2n) is 9.85. The lowest BCUT2D eigenvalue weighted by Crippen LogP contribution is -2.42. The monoisotopic (exact) mass is 598 g/mol. The maximum absolute atomic E-state index is 13.6. The average Bonchev–Trinajstić information content (AvgIpc) is 3.63. The van der Waals surface area contributed by atoms with Crippen LogP contribution in [0.2, 0.25) is 0 Å². The van der Waals surface area contributed by atoms with E-state index in [1.165, 1.54) is 6.92 Å². The van der Waals surface area contributed by atoms with Gasteiger partial charge in [-0.25, -0.2) is 9.59 Å². The summed E-state index contributed by atoms with van der Waals surface area (Å²) in [6.45, 7) is 1.42. The first-order valence-corrected chi connectivity index (χ1v) is 12.4. The molecule has 2 aromatic carbocycles. The zero-order valence-electron chi connectivity index (χ0n) is 21.1. The number of nitrogens with zero attached hydrogens (tertiary/aromatic N) is 1. The Hall–Kier alpha value is -3.65. The van der Waals surface area contributed by atoms with Gasteiger partial charge in [0.25, 0.3) is 0 Å². The third kappa shape index (κ3) is 6.48. The van der Waals surface area contributed by atoms with E-state index in [0.29, 0.717) is 25.0 Å². The van der Waals surface area contributed by atoms with E-state index in [4.69, 9.17) is 4.74 Å². The second-order valence-corrected chi connectivity index (χ2v) is 9.85. The third-order valence-corrected chi connectivity index (χ3v) is 7.09. The molecule has 1 fully saturated rings. The number of fused-ring (bicyclic) bond motifs is 1. The lowest BCUT2D eigenvalue weighted by atomic mass is 9.83. The summed E-state index contributed by atoms with van der Waals surface area (Å²) in [5.41, 5.74) is -5.16. The number of rotatable bonds is 6. The number of carboxylic acid groups (broad SMARTS) is 1. The van der Waals surface area contributed by atoms with Crippen LogP contribution in [0.1, 0.15) is 66.0 Å². The van der Waals surface area contributed by atoms with Gasteiger partial charge < -0.3 is 15.2 Å². The van der Waals surface area contributed by atoms with Crippen LogP contribution in [0, 0.1) is 5.92 Å². The van der Waals surface area contributed by atoms with E-state index in [1.54, 1.807) is 0 Å². The lowest BCUT2D eigenvalue weighted by molar-refractivity contribution is -0.143. The number of hydrogen-bond donors (Lipinski definition) is 2. The zero-order chi connectivity index (χ0) is 30.5. The number of carbonyl (C=O) groups is 2. The molecule has 1 heterocycles. The van der Waals surface area contributed by atoms with Crippen molar-refractivity contribution in [1.82, 2.24) is 5.32 Å². The molecular formula is C26H23F9N2O4. The Kier molecular flexibility index (Phi) is 7.86. The molecule has 1 aliphatic heterocycles. The number of hydrogen-bond acceptors (Lipinski definition) is 3. The lowest BCUT2D eigenvalue weighted by Gasteiger charge is -2.30. The van der Waals surface area contributed by atoms with Gasteiger partial charge in [0.15, 0.2) is 0 Å². The van der Waals surface area contributed by atoms with E-state index in [9.17, 15) is 54.2 Å². The Morgan fingerprint density at radius 2 is 1.49 bits per heavy atom. The van der Waals surface area contributed by atoms with Gasteiger partial charge in [-0.05, 0) is 79.6 Å². The standard InChI is InChI=1S/C26H23F9N2O4/c1-2-41-23(40)37-20-6-5-14(24(27,28)29)10-17(20)18(21(37)12-3-4-12)11-19(36-22(38)39)13-7-15(25(30,31)32)9-16(8-13)26(33,34)35/h5-10,12,18-19,21,36H,2-4,11H2,1H3,(H,38,39). The molecule has 0 radical (unpaired) electrons. The van der Waals surface area contributed by atoms with Crippen LogP contribution in [0.4, 0.5) is 54.8 Å². The number of ether oxygens (including phenoxy) is 1. The first-order valence-electron chi connectivity index (χ1n) is 12.4. The van der Waals surface area contributed by atoms with Crippen molar-refractivity contribution in [2.75, 3.05) is 11.5 Å². The van der Waals surface area contributed by atoms with Crippen molar-refractivity contribution in [2.45, 2.75) is 62.7 Å². The van der Waals surface area contributed by atoms with Gasteiger partial charge in [-0.1, -0.05) is 0 Å². The molecule has 3 atom stereocenters. The van der Waals surface area contributed by atoms with Crippen LogP contribution in [0.3, 0.4) is 0 Å². The molecule has 2 aromatic rings. The van der Waals surface area contributed by atoms with Gasteiger partial charge in [0, 0.05) is 5.92 Å². The summed E-state index contributed by atoms with van der Waals surface area (Å²) in [5, 5.41) is 11.4. The van der Waals surface area contributed by atoms with Gasteiger partial charge in [0.05, 0.1) is 41.1 Å². The number of anilines is 1. The van der Waals surface area contributed by atoms with Crippen LogP contribution >= 0.6 is 0 Å². The topological polar surface area (TPSA) is 78.9 Å². The van der Waals surface area contributed by atoms with E-state index in [0.717, 1.165) is 23.1 Å². The van der Waals surface area contributed by atoms with Crippen LogP contribution in [-0.4, -0.2) is 29.9 Å². The van der Waals surface area contributed by atoms with E-state index in [-0.39, 0.29) is 29.8 Å². The number of halogens is 9. The van der Waals surface area contributed by atoms with Gasteiger partial charge >= 0.3 is 30.7 Å². The van der Waals surface area contributed by atoms with Crippen molar-refractivity contribution in [3.05, 3.63) is 64.2 Å². The fraction of sp³-hybridized carbons (Fsp3) is 0.462. The minimum Gasteiger partial charge on any atom is -0.465 e. The summed E-state index contributed by atoms with van der Waals surface area (Å²) in [6, 6.07) is 0.588. The summed E-state index contributed by atoms with van der Waals surface area (Å²) < 4.78 is 127. The molecule has 0 spiro atoms. The molecule has 0 bridgehead atoms. The zero-order valence-corrected chi connectivity index (χ0v) is 21.1. The molecule has 2 N–H and O–H groups in total. The smallest absolute Gasteiger partial charge is 0.416 e. The van der Waals surface area contributed by atoms with E-state index < -0.39 is 77.4 Å². The first-order chi connectivity index (χ1) is 18.9. The predicted molar refractivity (Wildman–Crippen MR) is 125 cm³/mol. The van der Waals surface area contributed by atoms with E-state index >= 15 is 0 Å². The second kappa shape index (κ2) is 10.6. The molecule has 0 saturated heterocycles. The Morgan fingerprint density at radius 1 is 0.927 bits per heavy atom.